The second kappa shape index (κ2) is 8.69. The molecular formula is C24H27N3O3S. The van der Waals surface area contributed by atoms with Gasteiger partial charge in [0.05, 0.1) is 6.54 Å². The fraction of sp³-hybridized carbons (Fsp3) is 0.292. The van der Waals surface area contributed by atoms with Crippen LogP contribution in [0.4, 0.5) is 5.69 Å². The fourth-order valence-corrected chi connectivity index (χ4v) is 5.46. The highest BCUT2D eigenvalue weighted by Gasteiger charge is 2.30. The molecule has 0 radical (unpaired) electrons. The number of sulfonamides is 1. The van der Waals surface area contributed by atoms with Crippen LogP contribution in [0.3, 0.4) is 0 Å². The molecule has 1 aromatic heterocycles. The molecule has 1 fully saturated rings. The highest BCUT2D eigenvalue weighted by Crippen LogP contribution is 2.25. The third-order valence-corrected chi connectivity index (χ3v) is 7.54. The Kier molecular flexibility index (Phi) is 5.98. The number of aromatic nitrogens is 1. The fourth-order valence-electron chi connectivity index (χ4n) is 3.87. The molecule has 1 saturated heterocycles. The summed E-state index contributed by atoms with van der Waals surface area (Å²) in [5, 5.41) is 0. The van der Waals surface area contributed by atoms with Gasteiger partial charge in [0.15, 0.2) is 0 Å². The summed E-state index contributed by atoms with van der Waals surface area (Å²) in [6, 6.07) is 19.0. The highest BCUT2D eigenvalue weighted by molar-refractivity contribution is 7.89. The first kappa shape index (κ1) is 21.3. The van der Waals surface area contributed by atoms with Crippen molar-refractivity contribution in [3.8, 4) is 0 Å². The number of aryl methyl sites for hydroxylation is 2. The van der Waals surface area contributed by atoms with Crippen molar-refractivity contribution in [3.63, 3.8) is 0 Å². The van der Waals surface area contributed by atoms with Gasteiger partial charge in [-0.15, -0.1) is 0 Å². The lowest BCUT2D eigenvalue weighted by molar-refractivity contribution is 0.0977. The van der Waals surface area contributed by atoms with E-state index in [2.05, 4.69) is 0 Å². The van der Waals surface area contributed by atoms with Crippen molar-refractivity contribution in [1.82, 2.24) is 8.87 Å². The van der Waals surface area contributed by atoms with Gasteiger partial charge in [0, 0.05) is 32.0 Å². The molecule has 2 aromatic carbocycles. The van der Waals surface area contributed by atoms with Crippen LogP contribution >= 0.6 is 0 Å². The molecule has 31 heavy (non-hydrogen) atoms. The molecule has 0 bridgehead atoms. The van der Waals surface area contributed by atoms with Crippen LogP contribution in [0.2, 0.25) is 0 Å². The van der Waals surface area contributed by atoms with Crippen LogP contribution in [0, 0.1) is 6.92 Å². The van der Waals surface area contributed by atoms with Crippen LogP contribution in [0.1, 0.15) is 34.5 Å². The predicted octanol–water partition coefficient (Wildman–Crippen LogP) is 3.97. The van der Waals surface area contributed by atoms with Crippen molar-refractivity contribution >= 4 is 21.6 Å². The summed E-state index contributed by atoms with van der Waals surface area (Å²) >= 11 is 0. The van der Waals surface area contributed by atoms with Gasteiger partial charge >= 0.3 is 0 Å². The number of hydrogen-bond acceptors (Lipinski definition) is 3. The van der Waals surface area contributed by atoms with Crippen LogP contribution < -0.4 is 4.90 Å². The second-order valence-electron chi connectivity index (χ2n) is 8.00. The first-order chi connectivity index (χ1) is 14.9. The topological polar surface area (TPSA) is 62.6 Å². The van der Waals surface area contributed by atoms with Gasteiger partial charge in [-0.05, 0) is 43.5 Å². The van der Waals surface area contributed by atoms with E-state index < -0.39 is 10.0 Å². The minimum atomic E-state index is -3.59. The lowest BCUT2D eigenvalue weighted by Crippen LogP contribution is -2.31. The summed E-state index contributed by atoms with van der Waals surface area (Å²) in [7, 11) is -1.87. The highest BCUT2D eigenvalue weighted by atomic mass is 32.2. The molecule has 2 heterocycles. The maximum Gasteiger partial charge on any atom is 0.275 e. The molecule has 3 aromatic rings. The largest absolute Gasteiger partial charge is 0.345 e. The zero-order valence-corrected chi connectivity index (χ0v) is 18.7. The Morgan fingerprint density at radius 3 is 2.29 bits per heavy atom. The molecule has 7 heteroatoms. The second-order valence-corrected chi connectivity index (χ2v) is 9.93. The molecular weight excluding hydrogens is 410 g/mol. The smallest absolute Gasteiger partial charge is 0.275 e. The summed E-state index contributed by atoms with van der Waals surface area (Å²) in [5.41, 5.74) is 3.21. The van der Waals surface area contributed by atoms with Crippen LogP contribution in [-0.2, 0) is 23.6 Å². The monoisotopic (exact) mass is 437 g/mol. The molecule has 6 nitrogen and oxygen atoms in total. The summed E-state index contributed by atoms with van der Waals surface area (Å²) in [6.07, 6.45) is 3.28. The zero-order valence-electron chi connectivity index (χ0n) is 17.9. The van der Waals surface area contributed by atoms with Gasteiger partial charge in [-0.25, -0.2) is 8.42 Å². The van der Waals surface area contributed by atoms with Crippen molar-refractivity contribution in [1.29, 1.82) is 0 Å². The molecule has 0 unspecified atom stereocenters. The van der Waals surface area contributed by atoms with Crippen LogP contribution in [0.15, 0.2) is 71.8 Å². The van der Waals surface area contributed by atoms with E-state index in [4.69, 9.17) is 0 Å². The summed E-state index contributed by atoms with van der Waals surface area (Å²) in [6.45, 7) is 3.45. The number of rotatable bonds is 6. The van der Waals surface area contributed by atoms with Crippen molar-refractivity contribution in [2.75, 3.05) is 18.0 Å². The number of anilines is 1. The lowest BCUT2D eigenvalue weighted by Gasteiger charge is -2.23. The van der Waals surface area contributed by atoms with E-state index in [1.807, 2.05) is 61.5 Å². The van der Waals surface area contributed by atoms with Crippen LogP contribution in [0.5, 0.6) is 0 Å². The average molecular weight is 438 g/mol. The Balaban J connectivity index is 1.70. The standard InChI is InChI=1S/C24H27N3O3S/c1-19-10-12-21(13-11-19)27(17-20-8-4-3-5-9-20)24(28)23-16-22(18-25(23)2)31(29,30)26-14-6-7-15-26/h3-5,8-13,16,18H,6-7,14-15,17H2,1-2H3. The van der Waals surface area contributed by atoms with Gasteiger partial charge in [-0.2, -0.15) is 4.31 Å². The Morgan fingerprint density at radius 1 is 1.00 bits per heavy atom. The Labute approximate surface area is 183 Å². The van der Waals surface area contributed by atoms with Crippen molar-refractivity contribution in [2.45, 2.75) is 31.2 Å². The Hall–Kier alpha value is -2.90. The van der Waals surface area contributed by atoms with Gasteiger partial charge in [0.1, 0.15) is 10.6 Å². The van der Waals surface area contributed by atoms with Gasteiger partial charge in [0.25, 0.3) is 5.91 Å². The van der Waals surface area contributed by atoms with Gasteiger partial charge in [-0.1, -0.05) is 48.0 Å². The number of carbonyl (C=O) groups excluding carboxylic acids is 1. The minimum absolute atomic E-state index is 0.170. The normalized spacial score (nSPS) is 14.6. The first-order valence-corrected chi connectivity index (χ1v) is 11.9. The maximum absolute atomic E-state index is 13.6. The number of nitrogens with zero attached hydrogens (tertiary/aromatic N) is 3. The molecule has 0 aliphatic carbocycles. The number of hydrogen-bond donors (Lipinski definition) is 0. The molecule has 0 N–H and O–H groups in total. The molecule has 0 spiro atoms. The molecule has 0 saturated carbocycles. The van der Waals surface area contributed by atoms with Gasteiger partial charge in [0.2, 0.25) is 10.0 Å². The average Bonchev–Trinajstić information content (AvgIpc) is 3.44. The molecule has 1 aliphatic rings. The molecule has 162 valence electrons. The quantitative estimate of drug-likeness (QED) is 0.586. The van der Waals surface area contributed by atoms with E-state index in [0.717, 1.165) is 29.7 Å². The number of carbonyl (C=O) groups is 1. The van der Waals surface area contributed by atoms with E-state index in [-0.39, 0.29) is 10.8 Å². The molecule has 4 rings (SSSR count). The minimum Gasteiger partial charge on any atom is -0.345 e. The maximum atomic E-state index is 13.6. The summed E-state index contributed by atoms with van der Waals surface area (Å²) in [5.74, 6) is -0.238. The van der Waals surface area contributed by atoms with E-state index in [1.165, 1.54) is 16.6 Å². The summed E-state index contributed by atoms with van der Waals surface area (Å²) in [4.78, 5) is 15.5. The van der Waals surface area contributed by atoms with E-state index >= 15 is 0 Å². The van der Waals surface area contributed by atoms with E-state index in [0.29, 0.717) is 25.3 Å². The van der Waals surface area contributed by atoms with Gasteiger partial charge < -0.3 is 9.47 Å². The number of amides is 1. The summed E-state index contributed by atoms with van der Waals surface area (Å²) < 4.78 is 29.1. The Morgan fingerprint density at radius 2 is 1.65 bits per heavy atom. The van der Waals surface area contributed by atoms with Crippen LogP contribution in [0.25, 0.3) is 0 Å². The van der Waals surface area contributed by atoms with Crippen LogP contribution in [-0.4, -0.2) is 36.3 Å². The molecule has 1 amide bonds. The van der Waals surface area contributed by atoms with Crippen molar-refractivity contribution < 1.29 is 13.2 Å². The molecule has 0 atom stereocenters. The van der Waals surface area contributed by atoms with Crippen molar-refractivity contribution in [2.24, 2.45) is 7.05 Å². The number of benzene rings is 2. The lowest BCUT2D eigenvalue weighted by atomic mass is 10.1. The van der Waals surface area contributed by atoms with E-state index in [1.54, 1.807) is 16.5 Å². The first-order valence-electron chi connectivity index (χ1n) is 10.5. The third kappa shape index (κ3) is 4.43. The van der Waals surface area contributed by atoms with E-state index in [9.17, 15) is 13.2 Å². The van der Waals surface area contributed by atoms with Crippen molar-refractivity contribution in [3.05, 3.63) is 83.7 Å². The SMILES string of the molecule is Cc1ccc(N(Cc2ccccc2)C(=O)c2cc(S(=O)(=O)N3CCCC3)cn2C)cc1. The van der Waals surface area contributed by atoms with Gasteiger partial charge in [-0.3, -0.25) is 4.79 Å². The zero-order chi connectivity index (χ0) is 22.0. The third-order valence-electron chi connectivity index (χ3n) is 5.68. The predicted molar refractivity (Wildman–Crippen MR) is 122 cm³/mol. The Bertz CT molecular complexity index is 1160. The molecule has 1 aliphatic heterocycles.